The van der Waals surface area contributed by atoms with E-state index in [-0.39, 0.29) is 12.4 Å². The minimum Gasteiger partial charge on any atom is -0.496 e. The molecule has 0 fully saturated rings. The molecule has 0 spiro atoms. The summed E-state index contributed by atoms with van der Waals surface area (Å²) in [6.45, 7) is 3.85. The zero-order valence-corrected chi connectivity index (χ0v) is 14.2. The van der Waals surface area contributed by atoms with Gasteiger partial charge < -0.3 is 14.3 Å². The molecule has 23 heavy (non-hydrogen) atoms. The molecule has 2 aromatic rings. The fraction of sp³-hybridized carbons (Fsp3) is 0.278. The Bertz CT molecular complexity index is 644. The summed E-state index contributed by atoms with van der Waals surface area (Å²) in [6.07, 6.45) is 1.51. The van der Waals surface area contributed by atoms with E-state index in [1.54, 1.807) is 37.4 Å². The number of rotatable bonds is 5. The molecule has 0 radical (unpaired) electrons. The predicted molar refractivity (Wildman–Crippen MR) is 89.8 cm³/mol. The van der Waals surface area contributed by atoms with Gasteiger partial charge in [0.15, 0.2) is 11.6 Å². The van der Waals surface area contributed by atoms with Gasteiger partial charge in [-0.3, -0.25) is 0 Å². The highest BCUT2D eigenvalue weighted by atomic mass is 35.5. The first-order valence-corrected chi connectivity index (χ1v) is 7.55. The second kappa shape index (κ2) is 9.85. The largest absolute Gasteiger partial charge is 0.496 e. The normalized spacial score (nSPS) is 9.61. The van der Waals surface area contributed by atoms with Gasteiger partial charge in [-0.1, -0.05) is 30.7 Å². The Kier molecular flexibility index (Phi) is 8.13. The van der Waals surface area contributed by atoms with Gasteiger partial charge in [0.05, 0.1) is 12.1 Å². The Morgan fingerprint density at radius 3 is 2.52 bits per heavy atom. The molecular formula is C18H20ClFO3. The molecule has 0 bridgehead atoms. The van der Waals surface area contributed by atoms with E-state index < -0.39 is 5.82 Å². The van der Waals surface area contributed by atoms with E-state index in [2.05, 4.69) is 0 Å². The maximum atomic E-state index is 13.6. The van der Waals surface area contributed by atoms with Crippen LogP contribution in [0.4, 0.5) is 4.39 Å². The van der Waals surface area contributed by atoms with Crippen LogP contribution < -0.4 is 9.47 Å². The minimum atomic E-state index is -0.392. The maximum Gasteiger partial charge on any atom is 0.165 e. The molecule has 0 amide bonds. The van der Waals surface area contributed by atoms with Crippen LogP contribution in [0, 0.1) is 12.7 Å². The van der Waals surface area contributed by atoms with Gasteiger partial charge >= 0.3 is 0 Å². The van der Waals surface area contributed by atoms with Crippen molar-refractivity contribution < 1.29 is 18.7 Å². The first kappa shape index (κ1) is 19.0. The summed E-state index contributed by atoms with van der Waals surface area (Å²) in [5.74, 6) is 0.444. The highest BCUT2D eigenvalue weighted by molar-refractivity contribution is 6.31. The lowest BCUT2D eigenvalue weighted by molar-refractivity contribution is -0.107. The van der Waals surface area contributed by atoms with E-state index in [0.717, 1.165) is 11.8 Å². The van der Waals surface area contributed by atoms with E-state index in [1.165, 1.54) is 6.07 Å². The molecule has 0 saturated heterocycles. The molecule has 2 aromatic carbocycles. The highest BCUT2D eigenvalue weighted by Crippen LogP contribution is 2.28. The van der Waals surface area contributed by atoms with Crippen LogP contribution in [-0.4, -0.2) is 13.4 Å². The van der Waals surface area contributed by atoms with Crippen molar-refractivity contribution in [3.05, 3.63) is 58.4 Å². The Morgan fingerprint density at radius 1 is 1.22 bits per heavy atom. The molecule has 0 atom stereocenters. The zero-order valence-electron chi connectivity index (χ0n) is 13.4. The van der Waals surface area contributed by atoms with E-state index in [9.17, 15) is 9.18 Å². The maximum absolute atomic E-state index is 13.6. The Morgan fingerprint density at radius 2 is 1.91 bits per heavy atom. The number of carbonyl (C=O) groups is 1. The van der Waals surface area contributed by atoms with Crippen LogP contribution in [-0.2, 0) is 11.4 Å². The van der Waals surface area contributed by atoms with Crippen molar-refractivity contribution in [1.29, 1.82) is 0 Å². The molecule has 2 rings (SSSR count). The molecule has 124 valence electrons. The number of carbonyl (C=O) groups excluding carboxylic acids is 1. The standard InChI is InChI=1S/C15H14ClFO2.C3H6O/c1-10-6-7-13(17)15(8-10)19-9-11-12(16)4-3-5-14(11)18-2;1-2-3-4/h3-8H,9H2,1-2H3;3H,2H2,1H3. The van der Waals surface area contributed by atoms with Crippen LogP contribution in [0.15, 0.2) is 36.4 Å². The Balaban J connectivity index is 0.000000593. The van der Waals surface area contributed by atoms with Crippen LogP contribution in [0.25, 0.3) is 0 Å². The van der Waals surface area contributed by atoms with Gasteiger partial charge in [0.1, 0.15) is 18.6 Å². The molecular weight excluding hydrogens is 319 g/mol. The fourth-order valence-electron chi connectivity index (χ4n) is 1.74. The summed E-state index contributed by atoms with van der Waals surface area (Å²) in [5, 5.41) is 0.535. The van der Waals surface area contributed by atoms with Crippen molar-refractivity contribution in [3.63, 3.8) is 0 Å². The van der Waals surface area contributed by atoms with Crippen molar-refractivity contribution in [2.45, 2.75) is 26.9 Å². The Labute approximate surface area is 141 Å². The van der Waals surface area contributed by atoms with Crippen LogP contribution >= 0.6 is 11.6 Å². The lowest BCUT2D eigenvalue weighted by Crippen LogP contribution is -2.01. The summed E-state index contributed by atoms with van der Waals surface area (Å²) in [7, 11) is 1.56. The third-order valence-electron chi connectivity index (χ3n) is 2.92. The molecule has 0 aliphatic heterocycles. The van der Waals surface area contributed by atoms with Gasteiger partial charge in [-0.15, -0.1) is 0 Å². The average Bonchev–Trinajstić information content (AvgIpc) is 2.56. The molecule has 3 nitrogen and oxygen atoms in total. The number of methoxy groups -OCH3 is 1. The summed E-state index contributed by atoms with van der Waals surface area (Å²) in [6, 6.07) is 10.1. The number of ether oxygens (including phenoxy) is 2. The van der Waals surface area contributed by atoms with E-state index in [0.29, 0.717) is 22.8 Å². The predicted octanol–water partition coefficient (Wildman–Crippen LogP) is 4.97. The third kappa shape index (κ3) is 5.91. The Hall–Kier alpha value is -2.07. The van der Waals surface area contributed by atoms with Gasteiger partial charge in [0.2, 0.25) is 0 Å². The summed E-state index contributed by atoms with van der Waals surface area (Å²) in [4.78, 5) is 9.17. The van der Waals surface area contributed by atoms with Crippen molar-refractivity contribution in [3.8, 4) is 11.5 Å². The summed E-state index contributed by atoms with van der Waals surface area (Å²) < 4.78 is 24.3. The molecule has 0 aliphatic carbocycles. The second-order valence-corrected chi connectivity index (χ2v) is 5.13. The average molecular weight is 339 g/mol. The molecule has 0 saturated carbocycles. The van der Waals surface area contributed by atoms with Crippen LogP contribution in [0.3, 0.4) is 0 Å². The smallest absolute Gasteiger partial charge is 0.165 e. The number of aldehydes is 1. The molecule has 0 unspecified atom stereocenters. The zero-order chi connectivity index (χ0) is 17.2. The SMILES string of the molecule is CCC=O.COc1cccc(Cl)c1COc1cc(C)ccc1F. The van der Waals surface area contributed by atoms with E-state index >= 15 is 0 Å². The fourth-order valence-corrected chi connectivity index (χ4v) is 1.96. The van der Waals surface area contributed by atoms with Crippen molar-refractivity contribution in [2.75, 3.05) is 7.11 Å². The highest BCUT2D eigenvalue weighted by Gasteiger charge is 2.10. The number of hydrogen-bond donors (Lipinski definition) is 0. The van der Waals surface area contributed by atoms with Crippen LogP contribution in [0.5, 0.6) is 11.5 Å². The third-order valence-corrected chi connectivity index (χ3v) is 3.28. The first-order valence-electron chi connectivity index (χ1n) is 7.17. The van der Waals surface area contributed by atoms with Crippen molar-refractivity contribution in [2.24, 2.45) is 0 Å². The summed E-state index contributed by atoms with van der Waals surface area (Å²) >= 11 is 6.09. The minimum absolute atomic E-state index is 0.156. The number of halogens is 2. The lowest BCUT2D eigenvalue weighted by Gasteiger charge is -2.12. The molecule has 0 heterocycles. The van der Waals surface area contributed by atoms with Crippen LogP contribution in [0.1, 0.15) is 24.5 Å². The van der Waals surface area contributed by atoms with Gasteiger partial charge in [-0.2, -0.15) is 0 Å². The first-order chi connectivity index (χ1) is 11.0. The number of aryl methyl sites for hydroxylation is 1. The number of benzene rings is 2. The van der Waals surface area contributed by atoms with Gasteiger partial charge in [0.25, 0.3) is 0 Å². The molecule has 0 N–H and O–H groups in total. The van der Waals surface area contributed by atoms with Gasteiger partial charge in [0, 0.05) is 12.0 Å². The van der Waals surface area contributed by atoms with E-state index in [4.69, 9.17) is 21.1 Å². The van der Waals surface area contributed by atoms with Crippen molar-refractivity contribution in [1.82, 2.24) is 0 Å². The van der Waals surface area contributed by atoms with E-state index in [1.807, 2.05) is 13.8 Å². The second-order valence-electron chi connectivity index (χ2n) is 4.72. The quantitative estimate of drug-likeness (QED) is 0.722. The molecule has 0 aliphatic rings. The van der Waals surface area contributed by atoms with Crippen molar-refractivity contribution >= 4 is 17.9 Å². The topological polar surface area (TPSA) is 35.5 Å². The monoisotopic (exact) mass is 338 g/mol. The van der Waals surface area contributed by atoms with Gasteiger partial charge in [-0.05, 0) is 36.8 Å². The lowest BCUT2D eigenvalue weighted by atomic mass is 10.2. The summed E-state index contributed by atoms with van der Waals surface area (Å²) in [5.41, 5.74) is 1.63. The van der Waals surface area contributed by atoms with Gasteiger partial charge in [-0.25, -0.2) is 4.39 Å². The number of hydrogen-bond acceptors (Lipinski definition) is 3. The molecule has 0 aromatic heterocycles. The molecule has 5 heteroatoms. The van der Waals surface area contributed by atoms with Crippen LogP contribution in [0.2, 0.25) is 5.02 Å².